The molecule has 82 valence electrons. The summed E-state index contributed by atoms with van der Waals surface area (Å²) in [6, 6.07) is 8.39. The van der Waals surface area contributed by atoms with Crippen LogP contribution in [0.3, 0.4) is 0 Å². The van der Waals surface area contributed by atoms with Crippen molar-refractivity contribution in [3.8, 4) is 11.6 Å². The van der Waals surface area contributed by atoms with E-state index in [-0.39, 0.29) is 11.8 Å². The van der Waals surface area contributed by atoms with Gasteiger partial charge in [-0.2, -0.15) is 14.4 Å². The predicted molar refractivity (Wildman–Crippen MR) is 57.7 cm³/mol. The van der Waals surface area contributed by atoms with E-state index in [1.54, 1.807) is 12.1 Å². The summed E-state index contributed by atoms with van der Waals surface area (Å²) >= 11 is 0. The Labute approximate surface area is 91.9 Å². The number of nitrogen functional groups attached to an aromatic ring is 1. The number of nitrogens with zero attached hydrogens (tertiary/aromatic N) is 2. The Balaban J connectivity index is 2.23. The molecule has 2 N–H and O–H groups in total. The average molecular weight is 219 g/mol. The van der Waals surface area contributed by atoms with Gasteiger partial charge in [0.15, 0.2) is 0 Å². The van der Waals surface area contributed by atoms with Crippen molar-refractivity contribution in [2.24, 2.45) is 0 Å². The standard InChI is InChI=1S/C11H10FN3O/c1-7-2-4-8(5-3-7)16-10-6-9(12)14-11(13)15-10/h2-6H,1H3,(H2,13,14,15). The topological polar surface area (TPSA) is 61.0 Å². The maximum atomic E-state index is 12.9. The van der Waals surface area contributed by atoms with Gasteiger partial charge in [0.1, 0.15) is 5.75 Å². The van der Waals surface area contributed by atoms with E-state index in [2.05, 4.69) is 9.97 Å². The molecule has 0 aliphatic carbocycles. The van der Waals surface area contributed by atoms with Crippen molar-refractivity contribution in [2.75, 3.05) is 5.73 Å². The molecule has 0 radical (unpaired) electrons. The van der Waals surface area contributed by atoms with Crippen molar-refractivity contribution in [1.29, 1.82) is 0 Å². The second kappa shape index (κ2) is 4.14. The van der Waals surface area contributed by atoms with Crippen molar-refractivity contribution < 1.29 is 9.13 Å². The first-order valence-corrected chi connectivity index (χ1v) is 4.68. The zero-order chi connectivity index (χ0) is 11.5. The van der Waals surface area contributed by atoms with Gasteiger partial charge in [-0.15, -0.1) is 0 Å². The van der Waals surface area contributed by atoms with Crippen LogP contribution in [0.4, 0.5) is 10.3 Å². The van der Waals surface area contributed by atoms with Crippen LogP contribution < -0.4 is 10.5 Å². The minimum absolute atomic E-state index is 0.0915. The number of aryl methyl sites for hydroxylation is 1. The van der Waals surface area contributed by atoms with E-state index in [0.717, 1.165) is 11.6 Å². The lowest BCUT2D eigenvalue weighted by Gasteiger charge is -2.05. The lowest BCUT2D eigenvalue weighted by molar-refractivity contribution is 0.452. The zero-order valence-electron chi connectivity index (χ0n) is 8.64. The number of benzene rings is 1. The number of hydrogen-bond acceptors (Lipinski definition) is 4. The number of ether oxygens (including phenoxy) is 1. The first-order chi connectivity index (χ1) is 7.63. The number of nitrogens with two attached hydrogens (primary N) is 1. The van der Waals surface area contributed by atoms with Gasteiger partial charge in [-0.1, -0.05) is 17.7 Å². The van der Waals surface area contributed by atoms with Gasteiger partial charge < -0.3 is 10.5 Å². The molecule has 0 saturated heterocycles. The molecule has 0 fully saturated rings. The highest BCUT2D eigenvalue weighted by Crippen LogP contribution is 2.20. The maximum absolute atomic E-state index is 12.9. The fourth-order valence-electron chi connectivity index (χ4n) is 1.19. The highest BCUT2D eigenvalue weighted by molar-refractivity contribution is 5.31. The Bertz CT molecular complexity index is 479. The average Bonchev–Trinajstić information content (AvgIpc) is 2.20. The molecule has 0 unspecified atom stereocenters. The first-order valence-electron chi connectivity index (χ1n) is 4.68. The highest BCUT2D eigenvalue weighted by Gasteiger charge is 2.03. The van der Waals surface area contributed by atoms with Crippen LogP contribution in [0, 0.1) is 12.9 Å². The second-order valence-electron chi connectivity index (χ2n) is 3.30. The number of rotatable bonds is 2. The van der Waals surface area contributed by atoms with Gasteiger partial charge in [-0.3, -0.25) is 0 Å². The Kier molecular flexibility index (Phi) is 2.68. The Morgan fingerprint density at radius 2 is 1.88 bits per heavy atom. The van der Waals surface area contributed by atoms with Gasteiger partial charge >= 0.3 is 0 Å². The van der Waals surface area contributed by atoms with Crippen molar-refractivity contribution in [3.05, 3.63) is 41.8 Å². The van der Waals surface area contributed by atoms with E-state index in [0.29, 0.717) is 5.75 Å². The van der Waals surface area contributed by atoms with Crippen molar-refractivity contribution in [1.82, 2.24) is 9.97 Å². The molecule has 2 aromatic rings. The SMILES string of the molecule is Cc1ccc(Oc2cc(F)nc(N)n2)cc1. The molecule has 0 amide bonds. The number of aromatic nitrogens is 2. The van der Waals surface area contributed by atoms with E-state index in [9.17, 15) is 4.39 Å². The van der Waals surface area contributed by atoms with E-state index in [1.807, 2.05) is 19.1 Å². The van der Waals surface area contributed by atoms with Gasteiger partial charge in [0, 0.05) is 0 Å². The van der Waals surface area contributed by atoms with Gasteiger partial charge in [0.2, 0.25) is 17.8 Å². The summed E-state index contributed by atoms with van der Waals surface area (Å²) in [7, 11) is 0. The Morgan fingerprint density at radius 1 is 1.19 bits per heavy atom. The van der Waals surface area contributed by atoms with E-state index in [4.69, 9.17) is 10.5 Å². The minimum atomic E-state index is -0.713. The smallest absolute Gasteiger partial charge is 0.227 e. The van der Waals surface area contributed by atoms with Crippen LogP contribution in [0.15, 0.2) is 30.3 Å². The molecule has 16 heavy (non-hydrogen) atoms. The van der Waals surface area contributed by atoms with E-state index >= 15 is 0 Å². The fraction of sp³-hybridized carbons (Fsp3) is 0.0909. The molecule has 0 bridgehead atoms. The first kappa shape index (κ1) is 10.4. The number of hydrogen-bond donors (Lipinski definition) is 1. The third-order valence-electron chi connectivity index (χ3n) is 1.93. The third-order valence-corrected chi connectivity index (χ3v) is 1.93. The molecule has 0 aliphatic heterocycles. The highest BCUT2D eigenvalue weighted by atomic mass is 19.1. The molecule has 0 aliphatic rings. The van der Waals surface area contributed by atoms with Crippen LogP contribution in [0.25, 0.3) is 0 Å². The van der Waals surface area contributed by atoms with E-state index in [1.165, 1.54) is 0 Å². The molecule has 5 heteroatoms. The Morgan fingerprint density at radius 3 is 2.50 bits per heavy atom. The summed E-state index contributed by atoms with van der Waals surface area (Å²) in [5.74, 6) is -0.200. The molecule has 0 atom stereocenters. The summed E-state index contributed by atoms with van der Waals surface area (Å²) in [6.07, 6.45) is 0. The van der Waals surface area contributed by atoms with Crippen LogP contribution in [-0.2, 0) is 0 Å². The molecule has 1 aromatic heterocycles. The third kappa shape index (κ3) is 2.44. The molecule has 0 spiro atoms. The van der Waals surface area contributed by atoms with Crippen LogP contribution in [0.5, 0.6) is 11.6 Å². The summed E-state index contributed by atoms with van der Waals surface area (Å²) in [6.45, 7) is 1.96. The monoisotopic (exact) mass is 219 g/mol. The summed E-state index contributed by atoms with van der Waals surface area (Å²) in [4.78, 5) is 7.07. The van der Waals surface area contributed by atoms with Crippen LogP contribution in [0.2, 0.25) is 0 Å². The van der Waals surface area contributed by atoms with Crippen molar-refractivity contribution in [2.45, 2.75) is 6.92 Å². The van der Waals surface area contributed by atoms with Crippen molar-refractivity contribution >= 4 is 5.95 Å². The van der Waals surface area contributed by atoms with Gasteiger partial charge in [0.25, 0.3) is 0 Å². The Hall–Kier alpha value is -2.17. The largest absolute Gasteiger partial charge is 0.439 e. The zero-order valence-corrected chi connectivity index (χ0v) is 8.64. The molecular formula is C11H10FN3O. The summed E-state index contributed by atoms with van der Waals surface area (Å²) < 4.78 is 18.2. The number of halogens is 1. The normalized spacial score (nSPS) is 10.1. The summed E-state index contributed by atoms with van der Waals surface area (Å²) in [5.41, 5.74) is 6.41. The quantitative estimate of drug-likeness (QED) is 0.787. The van der Waals surface area contributed by atoms with E-state index < -0.39 is 5.95 Å². The predicted octanol–water partition coefficient (Wildman–Crippen LogP) is 2.30. The van der Waals surface area contributed by atoms with Crippen LogP contribution in [0.1, 0.15) is 5.56 Å². The lowest BCUT2D eigenvalue weighted by Crippen LogP contribution is -1.99. The van der Waals surface area contributed by atoms with Crippen LogP contribution in [-0.4, -0.2) is 9.97 Å². The molecular weight excluding hydrogens is 209 g/mol. The molecule has 1 heterocycles. The fourth-order valence-corrected chi connectivity index (χ4v) is 1.19. The molecule has 2 rings (SSSR count). The molecule has 0 saturated carbocycles. The molecule has 1 aromatic carbocycles. The summed E-state index contributed by atoms with van der Waals surface area (Å²) in [5, 5.41) is 0. The van der Waals surface area contributed by atoms with Gasteiger partial charge in [-0.25, -0.2) is 0 Å². The van der Waals surface area contributed by atoms with Gasteiger partial charge in [-0.05, 0) is 19.1 Å². The molecule has 4 nitrogen and oxygen atoms in total. The maximum Gasteiger partial charge on any atom is 0.227 e. The van der Waals surface area contributed by atoms with Crippen molar-refractivity contribution in [3.63, 3.8) is 0 Å². The minimum Gasteiger partial charge on any atom is -0.439 e. The lowest BCUT2D eigenvalue weighted by atomic mass is 10.2. The second-order valence-corrected chi connectivity index (χ2v) is 3.30. The van der Waals surface area contributed by atoms with Gasteiger partial charge in [0.05, 0.1) is 6.07 Å². The van der Waals surface area contributed by atoms with Crippen LogP contribution >= 0.6 is 0 Å². The number of anilines is 1.